The molecule has 1 aromatic carbocycles. The van der Waals surface area contributed by atoms with Crippen molar-refractivity contribution in [3.8, 4) is 5.75 Å². The van der Waals surface area contributed by atoms with Gasteiger partial charge in [0.1, 0.15) is 11.4 Å². The summed E-state index contributed by atoms with van der Waals surface area (Å²) in [5, 5.41) is 13.0. The molecule has 0 fully saturated rings. The molecular formula is C22H25ClFN3O5. The molecule has 32 heavy (non-hydrogen) atoms. The Bertz CT molecular complexity index is 1100. The first kappa shape index (κ1) is 23.7. The van der Waals surface area contributed by atoms with Crippen LogP contribution in [0.4, 0.5) is 4.39 Å². The van der Waals surface area contributed by atoms with Crippen molar-refractivity contribution in [2.24, 2.45) is 0 Å². The van der Waals surface area contributed by atoms with E-state index in [0.717, 1.165) is 6.41 Å². The number of fused-ring (bicyclic) bond motifs is 1. The molecule has 8 nitrogen and oxygen atoms in total. The van der Waals surface area contributed by atoms with Gasteiger partial charge in [0.25, 0.3) is 5.91 Å². The topological polar surface area (TPSA) is 101 Å². The minimum atomic E-state index is -0.802. The van der Waals surface area contributed by atoms with E-state index in [-0.39, 0.29) is 49.0 Å². The Balaban J connectivity index is 1.96. The van der Waals surface area contributed by atoms with Crippen molar-refractivity contribution in [1.82, 2.24) is 14.8 Å². The summed E-state index contributed by atoms with van der Waals surface area (Å²) in [7, 11) is 0. The molecule has 1 unspecified atom stereocenters. The summed E-state index contributed by atoms with van der Waals surface area (Å²) in [5.41, 5.74) is 0.139. The smallest absolute Gasteiger partial charge is 0.257 e. The molecule has 0 spiro atoms. The molecule has 2 aromatic rings. The number of carbonyl (C=O) groups is 2. The normalized spacial score (nSPS) is 15.4. The molecule has 0 saturated carbocycles. The average Bonchev–Trinajstić information content (AvgIpc) is 2.76. The van der Waals surface area contributed by atoms with E-state index >= 15 is 0 Å². The summed E-state index contributed by atoms with van der Waals surface area (Å²) in [6, 6.07) is 3.59. The number of carbonyl (C=O) groups excluding carboxylic acids is 2. The number of amides is 2. The summed E-state index contributed by atoms with van der Waals surface area (Å²) in [6.07, 6.45) is 0.734. The monoisotopic (exact) mass is 465 g/mol. The molecule has 172 valence electrons. The average molecular weight is 466 g/mol. The maximum atomic E-state index is 13.4. The number of aromatic nitrogens is 1. The fourth-order valence-electron chi connectivity index (χ4n) is 3.76. The standard InChI is InChI=1S/C22H25ClFN3O5/c1-12(2)26(11-28)8-15-9-32-10-18-19(21(30)20(29)13(3)27(15)18)22(31)25-7-14-4-5-17(24)16(23)6-14/h4-6,11-12,15,29H,7-10H2,1-3H3,(H,25,31). The molecular weight excluding hydrogens is 441 g/mol. The van der Waals surface area contributed by atoms with E-state index in [1.165, 1.54) is 18.2 Å². The first-order valence-corrected chi connectivity index (χ1v) is 10.5. The number of halogens is 2. The molecule has 2 heterocycles. The van der Waals surface area contributed by atoms with Gasteiger partial charge in [-0.05, 0) is 38.5 Å². The van der Waals surface area contributed by atoms with Crippen LogP contribution in [0.15, 0.2) is 23.0 Å². The molecule has 1 atom stereocenters. The molecule has 1 aliphatic heterocycles. The summed E-state index contributed by atoms with van der Waals surface area (Å²) in [4.78, 5) is 38.8. The van der Waals surface area contributed by atoms with E-state index in [1.807, 2.05) is 13.8 Å². The van der Waals surface area contributed by atoms with Crippen LogP contribution in [0.5, 0.6) is 5.75 Å². The van der Waals surface area contributed by atoms with Gasteiger partial charge in [0, 0.05) is 19.1 Å². The Morgan fingerprint density at radius 3 is 2.81 bits per heavy atom. The summed E-state index contributed by atoms with van der Waals surface area (Å²) < 4.78 is 20.7. The number of hydrogen-bond acceptors (Lipinski definition) is 5. The summed E-state index contributed by atoms with van der Waals surface area (Å²) in [5.74, 6) is -1.81. The highest BCUT2D eigenvalue weighted by Gasteiger charge is 2.31. The van der Waals surface area contributed by atoms with Crippen LogP contribution in [0, 0.1) is 12.7 Å². The number of pyridine rings is 1. The largest absolute Gasteiger partial charge is 0.503 e. The Morgan fingerprint density at radius 2 is 2.19 bits per heavy atom. The van der Waals surface area contributed by atoms with E-state index in [1.54, 1.807) is 16.4 Å². The molecule has 0 radical (unpaired) electrons. The predicted molar refractivity (Wildman–Crippen MR) is 116 cm³/mol. The van der Waals surface area contributed by atoms with E-state index in [2.05, 4.69) is 5.32 Å². The molecule has 10 heteroatoms. The lowest BCUT2D eigenvalue weighted by Gasteiger charge is -2.35. The minimum absolute atomic E-state index is 0.000752. The molecule has 0 aliphatic carbocycles. The number of nitrogens with one attached hydrogen (secondary N) is 1. The van der Waals surface area contributed by atoms with Crippen LogP contribution in [0.25, 0.3) is 0 Å². The first-order valence-electron chi connectivity index (χ1n) is 10.1. The zero-order valence-corrected chi connectivity index (χ0v) is 18.8. The predicted octanol–water partition coefficient (Wildman–Crippen LogP) is 2.52. The quantitative estimate of drug-likeness (QED) is 0.612. The van der Waals surface area contributed by atoms with Gasteiger partial charge < -0.3 is 24.6 Å². The third-order valence-electron chi connectivity index (χ3n) is 5.52. The van der Waals surface area contributed by atoms with Crippen molar-refractivity contribution in [2.75, 3.05) is 13.2 Å². The second kappa shape index (κ2) is 9.70. The molecule has 0 bridgehead atoms. The van der Waals surface area contributed by atoms with Crippen LogP contribution < -0.4 is 10.7 Å². The van der Waals surface area contributed by atoms with E-state index in [4.69, 9.17) is 16.3 Å². The number of benzene rings is 1. The SMILES string of the molecule is Cc1c(O)c(=O)c(C(=O)NCc2ccc(F)c(Cl)c2)c2n1C(CN(C=O)C(C)C)COC2. The number of nitrogens with zero attached hydrogens (tertiary/aromatic N) is 2. The molecule has 3 rings (SSSR count). The lowest BCUT2D eigenvalue weighted by molar-refractivity contribution is -0.120. The van der Waals surface area contributed by atoms with Crippen molar-refractivity contribution in [3.63, 3.8) is 0 Å². The second-order valence-corrected chi connectivity index (χ2v) is 8.36. The highest BCUT2D eigenvalue weighted by Crippen LogP contribution is 2.28. The van der Waals surface area contributed by atoms with Crippen LogP contribution >= 0.6 is 11.6 Å². The van der Waals surface area contributed by atoms with E-state index in [9.17, 15) is 23.9 Å². The molecule has 0 saturated heterocycles. The maximum absolute atomic E-state index is 13.4. The number of ether oxygens (including phenoxy) is 1. The summed E-state index contributed by atoms with van der Waals surface area (Å²) in [6.45, 7) is 5.87. The van der Waals surface area contributed by atoms with Gasteiger partial charge in [-0.2, -0.15) is 0 Å². The minimum Gasteiger partial charge on any atom is -0.503 e. The fourth-order valence-corrected chi connectivity index (χ4v) is 3.96. The third kappa shape index (κ3) is 4.63. The Kier molecular flexibility index (Phi) is 7.20. The van der Waals surface area contributed by atoms with Gasteiger partial charge in [-0.1, -0.05) is 17.7 Å². The molecule has 1 aliphatic rings. The first-order chi connectivity index (χ1) is 15.1. The number of hydrogen-bond donors (Lipinski definition) is 2. The Morgan fingerprint density at radius 1 is 1.47 bits per heavy atom. The molecule has 1 aromatic heterocycles. The highest BCUT2D eigenvalue weighted by molar-refractivity contribution is 6.30. The molecule has 2 amide bonds. The van der Waals surface area contributed by atoms with Gasteiger partial charge in [0.05, 0.1) is 35.7 Å². The molecule has 2 N–H and O–H groups in total. The van der Waals surface area contributed by atoms with Crippen molar-refractivity contribution >= 4 is 23.9 Å². The highest BCUT2D eigenvalue weighted by atomic mass is 35.5. The zero-order valence-electron chi connectivity index (χ0n) is 18.0. The van der Waals surface area contributed by atoms with Gasteiger partial charge in [-0.3, -0.25) is 14.4 Å². The number of aromatic hydroxyl groups is 1. The van der Waals surface area contributed by atoms with Crippen molar-refractivity contribution < 1.29 is 23.8 Å². The lowest BCUT2D eigenvalue weighted by Crippen LogP contribution is -2.42. The van der Waals surface area contributed by atoms with Crippen LogP contribution in [-0.2, 0) is 22.7 Å². The van der Waals surface area contributed by atoms with E-state index < -0.39 is 22.9 Å². The van der Waals surface area contributed by atoms with Crippen LogP contribution in [0.1, 0.15) is 47.2 Å². The van der Waals surface area contributed by atoms with Gasteiger partial charge in [0.15, 0.2) is 5.75 Å². The fraction of sp³-hybridized carbons (Fsp3) is 0.409. The van der Waals surface area contributed by atoms with Gasteiger partial charge >= 0.3 is 0 Å². The van der Waals surface area contributed by atoms with Gasteiger partial charge in [0.2, 0.25) is 11.8 Å². The summed E-state index contributed by atoms with van der Waals surface area (Å²) >= 11 is 5.78. The van der Waals surface area contributed by atoms with Crippen LogP contribution in [-0.4, -0.2) is 46.1 Å². The van der Waals surface area contributed by atoms with Crippen molar-refractivity contribution in [3.05, 3.63) is 61.8 Å². The Hall–Kier alpha value is -2.91. The third-order valence-corrected chi connectivity index (χ3v) is 5.81. The van der Waals surface area contributed by atoms with Crippen LogP contribution in [0.2, 0.25) is 5.02 Å². The van der Waals surface area contributed by atoms with Gasteiger partial charge in [-0.15, -0.1) is 0 Å². The number of rotatable bonds is 7. The maximum Gasteiger partial charge on any atom is 0.257 e. The Labute approximate surface area is 189 Å². The van der Waals surface area contributed by atoms with Crippen LogP contribution in [0.3, 0.4) is 0 Å². The van der Waals surface area contributed by atoms with Crippen molar-refractivity contribution in [2.45, 2.75) is 46.0 Å². The lowest BCUT2D eigenvalue weighted by atomic mass is 10.1. The zero-order chi connectivity index (χ0) is 23.6. The van der Waals surface area contributed by atoms with E-state index in [0.29, 0.717) is 17.0 Å². The van der Waals surface area contributed by atoms with Crippen molar-refractivity contribution in [1.29, 1.82) is 0 Å². The van der Waals surface area contributed by atoms with Gasteiger partial charge in [-0.25, -0.2) is 4.39 Å². The second-order valence-electron chi connectivity index (χ2n) is 7.95.